The van der Waals surface area contributed by atoms with E-state index in [0.29, 0.717) is 29.5 Å². The second-order valence-corrected chi connectivity index (χ2v) is 10.5. The van der Waals surface area contributed by atoms with Gasteiger partial charge in [-0.3, -0.25) is 14.5 Å². The zero-order chi connectivity index (χ0) is 24.6. The second kappa shape index (κ2) is 9.72. The summed E-state index contributed by atoms with van der Waals surface area (Å²) >= 11 is 0. The van der Waals surface area contributed by atoms with E-state index in [1.54, 1.807) is 12.4 Å². The van der Waals surface area contributed by atoms with Crippen LogP contribution in [0.2, 0.25) is 0 Å². The second-order valence-electron chi connectivity index (χ2n) is 10.5. The topological polar surface area (TPSA) is 75.2 Å². The maximum absolute atomic E-state index is 13.5. The van der Waals surface area contributed by atoms with Gasteiger partial charge in [-0.2, -0.15) is 0 Å². The molecule has 3 aliphatic rings. The monoisotopic (exact) mass is 482 g/mol. The van der Waals surface area contributed by atoms with Crippen LogP contribution in [0.5, 0.6) is 0 Å². The zero-order valence-corrected chi connectivity index (χ0v) is 20.0. The van der Waals surface area contributed by atoms with Gasteiger partial charge in [0.15, 0.2) is 0 Å². The minimum atomic E-state index is -2.97. The lowest BCUT2D eigenvalue weighted by molar-refractivity contribution is -0.124. The number of carbonyl (C=O) groups is 2. The Labute approximate surface area is 204 Å². The lowest BCUT2D eigenvalue weighted by atomic mass is 9.82. The first kappa shape index (κ1) is 24.0. The molecule has 0 bridgehead atoms. The third kappa shape index (κ3) is 5.42. The molecular formula is C27H32F2N4O2. The van der Waals surface area contributed by atoms with E-state index in [-0.39, 0.29) is 36.0 Å². The maximum atomic E-state index is 13.5. The number of piperidine rings is 1. The van der Waals surface area contributed by atoms with Crippen LogP contribution in [0.3, 0.4) is 0 Å². The third-order valence-corrected chi connectivity index (χ3v) is 8.11. The Kier molecular flexibility index (Phi) is 6.66. The van der Waals surface area contributed by atoms with Gasteiger partial charge in [-0.05, 0) is 61.1 Å². The fraction of sp³-hybridized carbons (Fsp3) is 0.556. The number of rotatable bonds is 8. The van der Waals surface area contributed by atoms with E-state index >= 15 is 0 Å². The Bertz CT molecular complexity index is 1050. The fourth-order valence-corrected chi connectivity index (χ4v) is 6.13. The summed E-state index contributed by atoms with van der Waals surface area (Å²) in [6.45, 7) is 2.79. The summed E-state index contributed by atoms with van der Waals surface area (Å²) in [7, 11) is 0. The molecule has 3 fully saturated rings. The quantitative estimate of drug-likeness (QED) is 0.586. The molecule has 0 radical (unpaired) electrons. The first-order valence-corrected chi connectivity index (χ1v) is 12.6. The van der Waals surface area contributed by atoms with Gasteiger partial charge in [0.25, 0.3) is 5.92 Å². The first-order valence-electron chi connectivity index (χ1n) is 12.6. The van der Waals surface area contributed by atoms with Crippen LogP contribution >= 0.6 is 0 Å². The highest BCUT2D eigenvalue weighted by Gasteiger charge is 2.59. The van der Waals surface area contributed by atoms with Gasteiger partial charge in [0.05, 0.1) is 0 Å². The molecule has 1 amide bonds. The molecule has 1 unspecified atom stereocenters. The van der Waals surface area contributed by atoms with E-state index in [0.717, 1.165) is 32.9 Å². The number of ketones is 1. The predicted molar refractivity (Wildman–Crippen MR) is 128 cm³/mol. The third-order valence-electron chi connectivity index (χ3n) is 8.11. The van der Waals surface area contributed by atoms with Crippen LogP contribution in [-0.4, -0.2) is 45.7 Å². The fourth-order valence-electron chi connectivity index (χ4n) is 6.13. The van der Waals surface area contributed by atoms with Crippen molar-refractivity contribution in [3.63, 3.8) is 0 Å². The Morgan fingerprint density at radius 1 is 1.06 bits per heavy atom. The highest BCUT2D eigenvalue weighted by Crippen LogP contribution is 2.54. The average molecular weight is 483 g/mol. The van der Waals surface area contributed by atoms with Gasteiger partial charge in [0.2, 0.25) is 5.91 Å². The number of fused-ring (bicyclic) bond motifs is 1. The van der Waals surface area contributed by atoms with Gasteiger partial charge in [-0.15, -0.1) is 0 Å². The molecule has 1 saturated heterocycles. The van der Waals surface area contributed by atoms with E-state index in [1.807, 2.05) is 12.4 Å². The number of alkyl halides is 2. The molecule has 2 aromatic rings. The molecule has 3 atom stereocenters. The number of likely N-dealkylation sites (tertiary alicyclic amines) is 1. The number of anilines is 1. The molecule has 35 heavy (non-hydrogen) atoms. The van der Waals surface area contributed by atoms with E-state index < -0.39 is 5.92 Å². The lowest BCUT2D eigenvalue weighted by Gasteiger charge is -2.35. The van der Waals surface area contributed by atoms with Gasteiger partial charge in [-0.25, -0.2) is 18.7 Å². The normalized spacial score (nSPS) is 28.4. The van der Waals surface area contributed by atoms with Gasteiger partial charge in [0, 0.05) is 68.5 Å². The van der Waals surface area contributed by atoms with Crippen molar-refractivity contribution in [3.8, 4) is 0 Å². The molecule has 1 aromatic carbocycles. The summed E-state index contributed by atoms with van der Waals surface area (Å²) in [5, 5.41) is 2.64. The van der Waals surface area contributed by atoms with Crippen LogP contribution < -0.4 is 5.32 Å². The van der Waals surface area contributed by atoms with Crippen molar-refractivity contribution in [2.75, 3.05) is 18.4 Å². The van der Waals surface area contributed by atoms with E-state index in [4.69, 9.17) is 0 Å². The van der Waals surface area contributed by atoms with Crippen LogP contribution in [0.4, 0.5) is 14.5 Å². The van der Waals surface area contributed by atoms with E-state index in [9.17, 15) is 18.4 Å². The molecule has 2 heterocycles. The number of hydrogen-bond donors (Lipinski definition) is 1. The number of benzene rings is 1. The number of aromatic nitrogens is 2. The molecule has 2 aliphatic carbocycles. The number of nitrogens with zero attached hydrogens (tertiary/aromatic N) is 3. The summed E-state index contributed by atoms with van der Waals surface area (Å²) in [5.41, 5.74) is 1.42. The molecule has 1 N–H and O–H groups in total. The standard InChI is InChI=1S/C27H32F2N4O2/c1-27(28,29)19-3-2-4-20(11-19)32-25(35)10-9-24(34)26-22-14-33(15-23(22)26)21-7-5-17(6-8-21)18-12-30-16-31-13-18/h2-4,11-13,16-17,21-23,26H,5-10,14-15H2,1H3,(H,32,35)/t17?,21?,22-,23+,26?. The predicted octanol–water partition coefficient (Wildman–Crippen LogP) is 4.78. The van der Waals surface area contributed by atoms with Crippen LogP contribution in [0.25, 0.3) is 0 Å². The average Bonchev–Trinajstić information content (AvgIpc) is 3.36. The minimum Gasteiger partial charge on any atom is -0.326 e. The van der Waals surface area contributed by atoms with Crippen LogP contribution in [0.1, 0.15) is 62.5 Å². The van der Waals surface area contributed by atoms with E-state index in [2.05, 4.69) is 20.2 Å². The summed E-state index contributed by atoms with van der Waals surface area (Å²) in [4.78, 5) is 35.9. The zero-order valence-electron chi connectivity index (χ0n) is 20.0. The molecule has 1 aliphatic heterocycles. The van der Waals surface area contributed by atoms with Gasteiger partial charge in [0.1, 0.15) is 12.1 Å². The van der Waals surface area contributed by atoms with Crippen molar-refractivity contribution in [1.82, 2.24) is 14.9 Å². The molecule has 6 nitrogen and oxygen atoms in total. The molecule has 0 spiro atoms. The van der Waals surface area contributed by atoms with Crippen LogP contribution in [0, 0.1) is 17.8 Å². The Hall–Kier alpha value is -2.74. The molecule has 2 saturated carbocycles. The lowest BCUT2D eigenvalue weighted by Crippen LogP contribution is -2.38. The van der Waals surface area contributed by atoms with Crippen molar-refractivity contribution < 1.29 is 18.4 Å². The molecule has 186 valence electrons. The minimum absolute atomic E-state index is 0.0818. The smallest absolute Gasteiger partial charge is 0.270 e. The van der Waals surface area contributed by atoms with Crippen molar-refractivity contribution >= 4 is 17.4 Å². The molecule has 5 rings (SSSR count). The number of Topliss-reactive ketones (excluding diaryl/α,β-unsaturated/α-hetero) is 1. The number of hydrogen-bond acceptors (Lipinski definition) is 5. The summed E-state index contributed by atoms with van der Waals surface area (Å²) in [5.74, 6) is -1.64. The summed E-state index contributed by atoms with van der Waals surface area (Å²) in [6, 6.07) is 6.28. The largest absolute Gasteiger partial charge is 0.326 e. The van der Waals surface area contributed by atoms with Gasteiger partial charge >= 0.3 is 0 Å². The Morgan fingerprint density at radius 2 is 1.74 bits per heavy atom. The highest BCUT2D eigenvalue weighted by molar-refractivity contribution is 5.94. The number of carbonyl (C=O) groups excluding carboxylic acids is 2. The van der Waals surface area contributed by atoms with Crippen LogP contribution in [-0.2, 0) is 15.5 Å². The number of amides is 1. The summed E-state index contributed by atoms with van der Waals surface area (Å²) < 4.78 is 27.0. The van der Waals surface area contributed by atoms with Crippen molar-refractivity contribution in [2.24, 2.45) is 17.8 Å². The van der Waals surface area contributed by atoms with Crippen molar-refractivity contribution in [3.05, 3.63) is 54.1 Å². The SMILES string of the molecule is CC(F)(F)c1cccc(NC(=O)CCC(=O)C2[C@H]3CN(C4CCC(c5cncnc5)CC4)C[C@@H]23)c1. The van der Waals surface area contributed by atoms with E-state index in [1.165, 1.54) is 36.6 Å². The first-order chi connectivity index (χ1) is 16.8. The Balaban J connectivity index is 1.03. The highest BCUT2D eigenvalue weighted by atomic mass is 19.3. The number of nitrogens with one attached hydrogen (secondary N) is 1. The maximum Gasteiger partial charge on any atom is 0.270 e. The van der Waals surface area contributed by atoms with Crippen LogP contribution in [0.15, 0.2) is 43.0 Å². The Morgan fingerprint density at radius 3 is 2.40 bits per heavy atom. The molecule has 8 heteroatoms. The summed E-state index contributed by atoms with van der Waals surface area (Å²) in [6.07, 6.45) is 10.4. The van der Waals surface area contributed by atoms with Gasteiger partial charge < -0.3 is 5.32 Å². The molecule has 1 aromatic heterocycles. The molecular weight excluding hydrogens is 450 g/mol. The number of halogens is 2. The van der Waals surface area contributed by atoms with Crippen molar-refractivity contribution in [1.29, 1.82) is 0 Å². The van der Waals surface area contributed by atoms with Crippen molar-refractivity contribution in [2.45, 2.75) is 63.3 Å². The van der Waals surface area contributed by atoms with Gasteiger partial charge in [-0.1, -0.05) is 12.1 Å².